The molecule has 1 aliphatic rings. The third kappa shape index (κ3) is 3.44. The predicted octanol–water partition coefficient (Wildman–Crippen LogP) is 1.52. The van der Waals surface area contributed by atoms with Gasteiger partial charge in [-0.3, -0.25) is 14.4 Å². The summed E-state index contributed by atoms with van der Waals surface area (Å²) >= 11 is 0. The Morgan fingerprint density at radius 2 is 2.21 bits per heavy atom. The van der Waals surface area contributed by atoms with Crippen LogP contribution >= 0.6 is 0 Å². The Labute approximate surface area is 142 Å². The van der Waals surface area contributed by atoms with Gasteiger partial charge in [0, 0.05) is 32.1 Å². The number of fused-ring (bicyclic) bond motifs is 1. The molecule has 0 saturated carbocycles. The Morgan fingerprint density at radius 3 is 2.96 bits per heavy atom. The summed E-state index contributed by atoms with van der Waals surface area (Å²) < 4.78 is 2.02. The minimum absolute atomic E-state index is 0.111. The summed E-state index contributed by atoms with van der Waals surface area (Å²) in [6, 6.07) is 8.26. The van der Waals surface area contributed by atoms with Crippen LogP contribution in [0, 0.1) is 0 Å². The van der Waals surface area contributed by atoms with E-state index >= 15 is 0 Å². The van der Waals surface area contributed by atoms with Crippen molar-refractivity contribution in [2.24, 2.45) is 0 Å². The van der Waals surface area contributed by atoms with Crippen LogP contribution in [-0.4, -0.2) is 51.4 Å². The Morgan fingerprint density at radius 1 is 1.42 bits per heavy atom. The van der Waals surface area contributed by atoms with Crippen molar-refractivity contribution >= 4 is 16.8 Å². The number of hydrogen-bond donors (Lipinski definition) is 2. The van der Waals surface area contributed by atoms with Crippen LogP contribution in [0.15, 0.2) is 24.3 Å². The summed E-state index contributed by atoms with van der Waals surface area (Å²) in [5, 5.41) is 19.3. The largest absolute Gasteiger partial charge is 0.388 e. The number of piperidine rings is 1. The molecule has 0 radical (unpaired) electrons. The van der Waals surface area contributed by atoms with E-state index in [0.717, 1.165) is 30.7 Å². The van der Waals surface area contributed by atoms with E-state index in [0.29, 0.717) is 19.5 Å². The third-order valence-electron chi connectivity index (χ3n) is 4.81. The maximum Gasteiger partial charge on any atom is 0.222 e. The van der Waals surface area contributed by atoms with Crippen molar-refractivity contribution < 1.29 is 9.90 Å². The summed E-state index contributed by atoms with van der Waals surface area (Å²) in [4.78, 5) is 13.9. The average Bonchev–Trinajstić information content (AvgIpc) is 2.92. The van der Waals surface area contributed by atoms with Gasteiger partial charge in [0.15, 0.2) is 0 Å². The maximum atomic E-state index is 11.7. The Balaban J connectivity index is 1.77. The summed E-state index contributed by atoms with van der Waals surface area (Å²) in [6.07, 6.45) is 1.71. The van der Waals surface area contributed by atoms with Gasteiger partial charge in [0.2, 0.25) is 5.91 Å². The van der Waals surface area contributed by atoms with Gasteiger partial charge < -0.3 is 10.4 Å². The number of para-hydroxylation sites is 1. The molecule has 6 heteroatoms. The van der Waals surface area contributed by atoms with Crippen molar-refractivity contribution in [2.75, 3.05) is 20.1 Å². The number of β-amino-alcohol motifs (C(OH)–C–C–N with tert-alkyl or cyclic N) is 1. The molecule has 1 fully saturated rings. The number of hydrogen-bond acceptors (Lipinski definition) is 4. The number of benzene rings is 1. The van der Waals surface area contributed by atoms with Crippen molar-refractivity contribution in [1.82, 2.24) is 20.0 Å². The highest BCUT2D eigenvalue weighted by molar-refractivity contribution is 5.82. The molecule has 6 nitrogen and oxygen atoms in total. The van der Waals surface area contributed by atoms with E-state index in [9.17, 15) is 9.90 Å². The Bertz CT molecular complexity index is 727. The molecule has 2 aromatic rings. The van der Waals surface area contributed by atoms with Gasteiger partial charge in [-0.15, -0.1) is 0 Å². The smallest absolute Gasteiger partial charge is 0.222 e. The number of aromatic nitrogens is 2. The van der Waals surface area contributed by atoms with E-state index in [-0.39, 0.29) is 12.3 Å². The van der Waals surface area contributed by atoms with Gasteiger partial charge in [-0.05, 0) is 32.4 Å². The quantitative estimate of drug-likeness (QED) is 0.872. The van der Waals surface area contributed by atoms with Crippen LogP contribution in [0.4, 0.5) is 0 Å². The lowest BCUT2D eigenvalue weighted by atomic mass is 9.89. The second kappa shape index (κ2) is 6.91. The number of aryl methyl sites for hydroxylation is 1. The lowest BCUT2D eigenvalue weighted by Crippen LogP contribution is -2.49. The van der Waals surface area contributed by atoms with Crippen LogP contribution < -0.4 is 5.32 Å². The van der Waals surface area contributed by atoms with Gasteiger partial charge in [-0.25, -0.2) is 0 Å². The number of nitrogens with zero attached hydrogens (tertiary/aromatic N) is 3. The highest BCUT2D eigenvalue weighted by Gasteiger charge is 2.35. The van der Waals surface area contributed by atoms with Crippen molar-refractivity contribution in [3.05, 3.63) is 30.0 Å². The fraction of sp³-hybridized carbons (Fsp3) is 0.556. The zero-order chi connectivity index (χ0) is 17.2. The van der Waals surface area contributed by atoms with E-state index in [4.69, 9.17) is 5.10 Å². The summed E-state index contributed by atoms with van der Waals surface area (Å²) in [6.45, 7) is 5.05. The van der Waals surface area contributed by atoms with Crippen LogP contribution in [0.3, 0.4) is 0 Å². The molecule has 1 unspecified atom stereocenters. The molecule has 1 saturated heterocycles. The second-order valence-corrected chi connectivity index (χ2v) is 6.67. The fourth-order valence-corrected chi connectivity index (χ4v) is 3.64. The number of rotatable bonds is 5. The first-order chi connectivity index (χ1) is 11.5. The van der Waals surface area contributed by atoms with Crippen LogP contribution in [0.2, 0.25) is 0 Å². The highest BCUT2D eigenvalue weighted by atomic mass is 16.3. The Kier molecular flexibility index (Phi) is 4.87. The van der Waals surface area contributed by atoms with Crippen LogP contribution in [0.25, 0.3) is 10.9 Å². The van der Waals surface area contributed by atoms with E-state index in [1.54, 1.807) is 7.05 Å². The average molecular weight is 330 g/mol. The number of likely N-dealkylation sites (tertiary alicyclic amines) is 1. The monoisotopic (exact) mass is 330 g/mol. The molecule has 2 N–H and O–H groups in total. The van der Waals surface area contributed by atoms with E-state index in [1.807, 2.05) is 16.8 Å². The molecule has 3 rings (SSSR count). The first-order valence-electron chi connectivity index (χ1n) is 8.64. The first kappa shape index (κ1) is 16.9. The minimum Gasteiger partial charge on any atom is -0.388 e. The molecular weight excluding hydrogens is 304 g/mol. The van der Waals surface area contributed by atoms with Gasteiger partial charge in [0.05, 0.1) is 23.2 Å². The van der Waals surface area contributed by atoms with Crippen molar-refractivity contribution in [3.63, 3.8) is 0 Å². The van der Waals surface area contributed by atoms with Crippen LogP contribution in [0.5, 0.6) is 0 Å². The predicted molar refractivity (Wildman–Crippen MR) is 93.6 cm³/mol. The molecule has 1 aromatic heterocycles. The van der Waals surface area contributed by atoms with Crippen molar-refractivity contribution in [2.45, 2.75) is 44.9 Å². The minimum atomic E-state index is -0.943. The zero-order valence-electron chi connectivity index (χ0n) is 14.5. The van der Waals surface area contributed by atoms with Gasteiger partial charge in [-0.2, -0.15) is 5.10 Å². The van der Waals surface area contributed by atoms with Gasteiger partial charge >= 0.3 is 0 Å². The molecule has 0 aliphatic carbocycles. The highest BCUT2D eigenvalue weighted by Crippen LogP contribution is 2.27. The lowest BCUT2D eigenvalue weighted by molar-refractivity contribution is -0.128. The maximum absolute atomic E-state index is 11.7. The van der Waals surface area contributed by atoms with Gasteiger partial charge in [-0.1, -0.05) is 18.2 Å². The van der Waals surface area contributed by atoms with Gasteiger partial charge in [0.25, 0.3) is 0 Å². The SMILES string of the molecule is CCn1nc(CN2CCCC(O)(CC(=O)NC)C2)c2ccccc21. The number of nitrogens with one attached hydrogen (secondary N) is 1. The number of carbonyl (C=O) groups is 1. The second-order valence-electron chi connectivity index (χ2n) is 6.67. The molecule has 1 aliphatic heterocycles. The summed E-state index contributed by atoms with van der Waals surface area (Å²) in [7, 11) is 1.61. The molecule has 0 spiro atoms. The van der Waals surface area contributed by atoms with Crippen molar-refractivity contribution in [1.29, 1.82) is 0 Å². The molecule has 0 bridgehead atoms. The first-order valence-corrected chi connectivity index (χ1v) is 8.64. The molecule has 1 amide bonds. The van der Waals surface area contributed by atoms with Crippen LogP contribution in [0.1, 0.15) is 31.9 Å². The topological polar surface area (TPSA) is 70.4 Å². The molecule has 1 aromatic carbocycles. The summed E-state index contributed by atoms with van der Waals surface area (Å²) in [5.41, 5.74) is 1.24. The number of aliphatic hydroxyl groups is 1. The molecule has 2 heterocycles. The van der Waals surface area contributed by atoms with E-state index in [1.165, 1.54) is 5.39 Å². The zero-order valence-corrected chi connectivity index (χ0v) is 14.5. The molecule has 1 atom stereocenters. The standard InChI is InChI=1S/C18H26N4O2/c1-3-22-16-8-5-4-7-14(16)15(20-22)12-21-10-6-9-18(24,13-21)11-17(23)19-2/h4-5,7-8,24H,3,6,9-13H2,1-2H3,(H,19,23). The molecule has 130 valence electrons. The third-order valence-corrected chi connectivity index (χ3v) is 4.81. The van der Waals surface area contributed by atoms with E-state index in [2.05, 4.69) is 29.3 Å². The summed E-state index contributed by atoms with van der Waals surface area (Å²) in [5.74, 6) is -0.111. The molecule has 24 heavy (non-hydrogen) atoms. The fourth-order valence-electron chi connectivity index (χ4n) is 3.64. The Hall–Kier alpha value is -1.92. The van der Waals surface area contributed by atoms with Crippen LogP contribution in [-0.2, 0) is 17.9 Å². The molecular formula is C18H26N4O2. The number of amides is 1. The number of carbonyl (C=O) groups excluding carboxylic acids is 1. The lowest BCUT2D eigenvalue weighted by Gasteiger charge is -2.38. The van der Waals surface area contributed by atoms with E-state index < -0.39 is 5.60 Å². The van der Waals surface area contributed by atoms with Crippen molar-refractivity contribution in [3.8, 4) is 0 Å². The van der Waals surface area contributed by atoms with Gasteiger partial charge in [0.1, 0.15) is 0 Å². The normalized spacial score (nSPS) is 22.0.